The van der Waals surface area contributed by atoms with Gasteiger partial charge in [-0.15, -0.1) is 6.58 Å². The van der Waals surface area contributed by atoms with Crippen molar-refractivity contribution in [1.82, 2.24) is 18.8 Å². The van der Waals surface area contributed by atoms with E-state index < -0.39 is 10.0 Å². The molecule has 0 atom stereocenters. The Hall–Kier alpha value is -2.50. The Labute approximate surface area is 168 Å². The van der Waals surface area contributed by atoms with Gasteiger partial charge < -0.3 is 14.1 Å². The van der Waals surface area contributed by atoms with Crippen LogP contribution < -0.4 is 5.56 Å². The van der Waals surface area contributed by atoms with Crippen molar-refractivity contribution >= 4 is 27.0 Å². The molecule has 11 heteroatoms. The minimum absolute atomic E-state index is 0.0998. The minimum Gasteiger partial charge on any atom is -0.442 e. The maximum Gasteiger partial charge on any atom is 0.265 e. The molecule has 1 aliphatic heterocycles. The van der Waals surface area contributed by atoms with Crippen molar-refractivity contribution in [2.24, 2.45) is 0 Å². The summed E-state index contributed by atoms with van der Waals surface area (Å²) in [6.45, 7) is 6.41. The summed E-state index contributed by atoms with van der Waals surface area (Å²) in [5.41, 5.74) is -0.0978. The van der Waals surface area contributed by atoms with Crippen LogP contribution in [0.2, 0.25) is 0 Å². The fourth-order valence-electron chi connectivity index (χ4n) is 3.31. The fourth-order valence-corrected chi connectivity index (χ4v) is 4.66. The largest absolute Gasteiger partial charge is 0.442 e. The Bertz CT molecular complexity index is 1080. The molecule has 1 aliphatic rings. The molecular weight excluding hydrogens is 400 g/mol. The zero-order valence-corrected chi connectivity index (χ0v) is 17.3. The zero-order valence-electron chi connectivity index (χ0n) is 16.5. The van der Waals surface area contributed by atoms with E-state index in [1.807, 2.05) is 0 Å². The monoisotopic (exact) mass is 424 g/mol. The number of aryl methyl sites for hydroxylation is 1. The molecule has 0 saturated carbocycles. The van der Waals surface area contributed by atoms with Crippen LogP contribution in [0.3, 0.4) is 0 Å². The van der Waals surface area contributed by atoms with Crippen molar-refractivity contribution in [3.63, 3.8) is 0 Å². The first kappa shape index (κ1) is 21.2. The van der Waals surface area contributed by atoms with Crippen molar-refractivity contribution < 1.29 is 22.4 Å². The van der Waals surface area contributed by atoms with E-state index in [2.05, 4.69) is 11.6 Å². The molecule has 1 fully saturated rings. The quantitative estimate of drug-likeness (QED) is 0.584. The Balaban J connectivity index is 1.84. The molecule has 2 aromatic heterocycles. The molecule has 0 aromatic carbocycles. The highest BCUT2D eigenvalue weighted by atomic mass is 32.2. The lowest BCUT2D eigenvalue weighted by Gasteiger charge is -2.34. The minimum atomic E-state index is -3.43. The molecule has 2 aromatic rings. The molecule has 0 unspecified atom stereocenters. The van der Waals surface area contributed by atoms with E-state index in [-0.39, 0.29) is 73.2 Å². The zero-order chi connectivity index (χ0) is 21.2. The lowest BCUT2D eigenvalue weighted by atomic mass is 10.1. The maximum atomic E-state index is 13.1. The molecule has 1 saturated heterocycles. The molecule has 0 spiro atoms. The molecule has 10 nitrogen and oxygen atoms in total. The summed E-state index contributed by atoms with van der Waals surface area (Å²) in [6, 6.07) is 0. The van der Waals surface area contributed by atoms with E-state index in [4.69, 9.17) is 9.15 Å². The summed E-state index contributed by atoms with van der Waals surface area (Å²) in [7, 11) is -1.98. The Morgan fingerprint density at radius 3 is 2.66 bits per heavy atom. The SMILES string of the molecule is C=CCn1cnc2oc(C)c(C(=O)N3CCN(S(=O)(=O)CCOC)CC3)c2c1=O. The number of methoxy groups -OCH3 is 1. The smallest absolute Gasteiger partial charge is 0.265 e. The van der Waals surface area contributed by atoms with Gasteiger partial charge in [0.25, 0.3) is 11.5 Å². The summed E-state index contributed by atoms with van der Waals surface area (Å²) < 4.78 is 37.7. The number of sulfonamides is 1. The third-order valence-corrected chi connectivity index (χ3v) is 6.69. The van der Waals surface area contributed by atoms with Gasteiger partial charge in [0.2, 0.25) is 15.7 Å². The van der Waals surface area contributed by atoms with Crippen molar-refractivity contribution in [3.8, 4) is 0 Å². The van der Waals surface area contributed by atoms with E-state index >= 15 is 0 Å². The third-order valence-electron chi connectivity index (χ3n) is 4.86. The van der Waals surface area contributed by atoms with Crippen LogP contribution in [0.15, 0.2) is 28.2 Å². The number of carbonyl (C=O) groups excluding carboxylic acids is 1. The number of allylic oxidation sites excluding steroid dienone is 1. The molecule has 0 radical (unpaired) electrons. The van der Waals surface area contributed by atoms with Crippen LogP contribution in [-0.4, -0.2) is 78.7 Å². The fraction of sp³-hybridized carbons (Fsp3) is 0.500. The number of amides is 1. The number of hydrogen-bond acceptors (Lipinski definition) is 7. The third kappa shape index (κ3) is 4.11. The number of hydrogen-bond donors (Lipinski definition) is 0. The predicted octanol–water partition coefficient (Wildman–Crippen LogP) is 0.218. The van der Waals surface area contributed by atoms with E-state index in [0.29, 0.717) is 5.76 Å². The van der Waals surface area contributed by atoms with Gasteiger partial charge >= 0.3 is 0 Å². The Morgan fingerprint density at radius 2 is 2.03 bits per heavy atom. The summed E-state index contributed by atoms with van der Waals surface area (Å²) in [6.07, 6.45) is 2.92. The second-order valence-electron chi connectivity index (χ2n) is 6.70. The van der Waals surface area contributed by atoms with E-state index in [9.17, 15) is 18.0 Å². The summed E-state index contributed by atoms with van der Waals surface area (Å²) in [4.78, 5) is 31.5. The van der Waals surface area contributed by atoms with Crippen LogP contribution in [0.1, 0.15) is 16.1 Å². The summed E-state index contributed by atoms with van der Waals surface area (Å²) in [5, 5.41) is 0.131. The highest BCUT2D eigenvalue weighted by Crippen LogP contribution is 2.23. The molecule has 0 aliphatic carbocycles. The average Bonchev–Trinajstić information content (AvgIpc) is 3.05. The van der Waals surface area contributed by atoms with Crippen LogP contribution in [0.5, 0.6) is 0 Å². The van der Waals surface area contributed by atoms with Gasteiger partial charge in [0, 0.05) is 39.8 Å². The lowest BCUT2D eigenvalue weighted by Crippen LogP contribution is -2.51. The van der Waals surface area contributed by atoms with Crippen molar-refractivity contribution in [2.75, 3.05) is 45.6 Å². The van der Waals surface area contributed by atoms with Gasteiger partial charge in [0.15, 0.2) is 0 Å². The Kier molecular flexibility index (Phi) is 6.20. The van der Waals surface area contributed by atoms with Gasteiger partial charge in [-0.25, -0.2) is 13.4 Å². The van der Waals surface area contributed by atoms with Gasteiger partial charge in [0.05, 0.1) is 17.9 Å². The first-order chi connectivity index (χ1) is 13.8. The van der Waals surface area contributed by atoms with Crippen LogP contribution in [0.25, 0.3) is 11.1 Å². The average molecular weight is 424 g/mol. The van der Waals surface area contributed by atoms with Crippen molar-refractivity contribution in [2.45, 2.75) is 13.5 Å². The van der Waals surface area contributed by atoms with E-state index in [0.717, 1.165) is 0 Å². The van der Waals surface area contributed by atoms with Crippen LogP contribution in [-0.2, 0) is 21.3 Å². The molecule has 0 N–H and O–H groups in total. The van der Waals surface area contributed by atoms with Crippen molar-refractivity contribution in [3.05, 3.63) is 40.7 Å². The predicted molar refractivity (Wildman–Crippen MR) is 106 cm³/mol. The number of carbonyl (C=O) groups is 1. The second-order valence-corrected chi connectivity index (χ2v) is 8.79. The first-order valence-electron chi connectivity index (χ1n) is 9.15. The maximum absolute atomic E-state index is 13.1. The van der Waals surface area contributed by atoms with Gasteiger partial charge in [0.1, 0.15) is 17.5 Å². The van der Waals surface area contributed by atoms with Crippen molar-refractivity contribution in [1.29, 1.82) is 0 Å². The highest BCUT2D eigenvalue weighted by molar-refractivity contribution is 7.89. The van der Waals surface area contributed by atoms with E-state index in [1.54, 1.807) is 13.0 Å². The lowest BCUT2D eigenvalue weighted by molar-refractivity contribution is 0.0697. The molecule has 0 bridgehead atoms. The number of ether oxygens (including phenoxy) is 1. The molecule has 3 heterocycles. The number of rotatable bonds is 7. The van der Waals surface area contributed by atoms with Gasteiger partial charge in [-0.05, 0) is 6.92 Å². The summed E-state index contributed by atoms with van der Waals surface area (Å²) >= 11 is 0. The molecular formula is C18H24N4O6S. The number of nitrogens with zero attached hydrogens (tertiary/aromatic N) is 4. The standard InChI is InChI=1S/C18H24N4O6S/c1-4-5-21-12-19-16-15(18(21)24)14(13(2)28-16)17(23)20-6-8-22(9-7-20)29(25,26)11-10-27-3/h4,12H,1,5-11H2,2-3H3. The number of piperazine rings is 1. The normalized spacial score (nSPS) is 15.7. The van der Waals surface area contributed by atoms with Crippen LogP contribution in [0, 0.1) is 6.92 Å². The molecule has 158 valence electrons. The Morgan fingerprint density at radius 1 is 1.34 bits per heavy atom. The topological polar surface area (TPSA) is 115 Å². The highest BCUT2D eigenvalue weighted by Gasteiger charge is 2.32. The number of fused-ring (bicyclic) bond motifs is 1. The van der Waals surface area contributed by atoms with Gasteiger partial charge in [-0.1, -0.05) is 6.08 Å². The van der Waals surface area contributed by atoms with Gasteiger partial charge in [-0.3, -0.25) is 14.2 Å². The number of aromatic nitrogens is 2. The van der Waals surface area contributed by atoms with Gasteiger partial charge in [-0.2, -0.15) is 4.31 Å². The first-order valence-corrected chi connectivity index (χ1v) is 10.8. The molecule has 29 heavy (non-hydrogen) atoms. The van der Waals surface area contributed by atoms with Crippen LogP contribution >= 0.6 is 0 Å². The molecule has 3 rings (SSSR count). The molecule has 1 amide bonds. The van der Waals surface area contributed by atoms with E-state index in [1.165, 1.54) is 27.2 Å². The summed E-state index contributed by atoms with van der Waals surface area (Å²) in [5.74, 6) is -0.163. The second kappa shape index (κ2) is 8.47. The van der Waals surface area contributed by atoms with Crippen LogP contribution in [0.4, 0.5) is 0 Å². The number of furan rings is 1.